The van der Waals surface area contributed by atoms with Crippen molar-refractivity contribution >= 4 is 11.8 Å². The molecule has 1 aliphatic heterocycles. The maximum atomic E-state index is 12.6. The van der Waals surface area contributed by atoms with Crippen molar-refractivity contribution in [2.75, 3.05) is 6.54 Å². The number of piperazine rings is 1. The van der Waals surface area contributed by atoms with Gasteiger partial charge in [-0.15, -0.1) is 0 Å². The van der Waals surface area contributed by atoms with E-state index in [0.29, 0.717) is 5.92 Å². The molecule has 1 heterocycles. The zero-order valence-corrected chi connectivity index (χ0v) is 11.9. The lowest BCUT2D eigenvalue weighted by Gasteiger charge is -2.48. The van der Waals surface area contributed by atoms with Crippen LogP contribution in [0.2, 0.25) is 0 Å². The third kappa shape index (κ3) is 2.15. The molecule has 2 amide bonds. The van der Waals surface area contributed by atoms with Crippen LogP contribution < -0.4 is 5.32 Å². The van der Waals surface area contributed by atoms with Crippen LogP contribution in [-0.2, 0) is 9.59 Å². The summed E-state index contributed by atoms with van der Waals surface area (Å²) in [6.07, 6.45) is 6.95. The lowest BCUT2D eigenvalue weighted by Crippen LogP contribution is -2.65. The zero-order valence-electron chi connectivity index (χ0n) is 11.9. The fourth-order valence-corrected chi connectivity index (χ4v) is 3.47. The van der Waals surface area contributed by atoms with E-state index in [0.717, 1.165) is 25.8 Å². The summed E-state index contributed by atoms with van der Waals surface area (Å²) in [4.78, 5) is 26.5. The van der Waals surface area contributed by atoms with Gasteiger partial charge >= 0.3 is 0 Å². The van der Waals surface area contributed by atoms with E-state index < -0.39 is 0 Å². The molecule has 19 heavy (non-hydrogen) atoms. The Balaban J connectivity index is 1.76. The van der Waals surface area contributed by atoms with E-state index in [2.05, 4.69) is 12.2 Å². The summed E-state index contributed by atoms with van der Waals surface area (Å²) in [5.41, 5.74) is 0.287. The number of nitrogens with one attached hydrogen (secondary N) is 1. The Hall–Kier alpha value is -1.06. The quantitative estimate of drug-likeness (QED) is 0.840. The van der Waals surface area contributed by atoms with Crippen LogP contribution >= 0.6 is 0 Å². The third-order valence-corrected chi connectivity index (χ3v) is 5.46. The molecule has 106 valence electrons. The van der Waals surface area contributed by atoms with E-state index in [4.69, 9.17) is 0 Å². The summed E-state index contributed by atoms with van der Waals surface area (Å²) in [6.45, 7) is 4.84. The van der Waals surface area contributed by atoms with Crippen molar-refractivity contribution in [2.45, 2.75) is 64.5 Å². The minimum atomic E-state index is -0.300. The first kappa shape index (κ1) is 12.9. The highest BCUT2D eigenvalue weighted by Gasteiger charge is 2.48. The molecule has 0 aromatic heterocycles. The van der Waals surface area contributed by atoms with Gasteiger partial charge < -0.3 is 10.2 Å². The molecule has 0 radical (unpaired) electrons. The van der Waals surface area contributed by atoms with Crippen LogP contribution in [0.3, 0.4) is 0 Å². The first-order valence-corrected chi connectivity index (χ1v) is 7.67. The van der Waals surface area contributed by atoms with E-state index in [1.54, 1.807) is 0 Å². The van der Waals surface area contributed by atoms with Gasteiger partial charge in [-0.1, -0.05) is 13.3 Å². The molecule has 2 aliphatic carbocycles. The molecule has 3 rings (SSSR count). The maximum absolute atomic E-state index is 12.6. The molecule has 3 fully saturated rings. The van der Waals surface area contributed by atoms with Gasteiger partial charge in [-0.3, -0.25) is 9.59 Å². The minimum absolute atomic E-state index is 0.0297. The number of rotatable bonds is 4. The van der Waals surface area contributed by atoms with Crippen molar-refractivity contribution in [3.05, 3.63) is 0 Å². The van der Waals surface area contributed by atoms with Crippen LogP contribution in [-0.4, -0.2) is 35.3 Å². The summed E-state index contributed by atoms with van der Waals surface area (Å²) in [5, 5.41) is 2.92. The van der Waals surface area contributed by atoms with E-state index in [-0.39, 0.29) is 29.3 Å². The van der Waals surface area contributed by atoms with Crippen LogP contribution in [0.4, 0.5) is 0 Å². The van der Waals surface area contributed by atoms with Crippen LogP contribution in [0.15, 0.2) is 0 Å². The largest absolute Gasteiger partial charge is 0.342 e. The Morgan fingerprint density at radius 1 is 1.32 bits per heavy atom. The highest BCUT2D eigenvalue weighted by atomic mass is 16.2. The van der Waals surface area contributed by atoms with Crippen molar-refractivity contribution < 1.29 is 9.59 Å². The van der Waals surface area contributed by atoms with Gasteiger partial charge in [0.15, 0.2) is 0 Å². The van der Waals surface area contributed by atoms with Gasteiger partial charge in [0.1, 0.15) is 12.1 Å². The molecule has 1 saturated heterocycles. The van der Waals surface area contributed by atoms with Crippen LogP contribution in [0, 0.1) is 11.3 Å². The number of carbonyl (C=O) groups excluding carboxylic acids is 2. The summed E-state index contributed by atoms with van der Waals surface area (Å²) < 4.78 is 0. The number of amides is 2. The summed E-state index contributed by atoms with van der Waals surface area (Å²) in [6, 6.07) is -0.538. The van der Waals surface area contributed by atoms with Gasteiger partial charge in [0.05, 0.1) is 0 Å². The average Bonchev–Trinajstić information content (AvgIpc) is 3.16. The predicted octanol–water partition coefficient (Wildman–Crippen LogP) is 1.69. The van der Waals surface area contributed by atoms with E-state index in [9.17, 15) is 9.59 Å². The molecule has 3 aliphatic rings. The van der Waals surface area contributed by atoms with E-state index in [1.807, 2.05) is 11.8 Å². The molecule has 2 unspecified atom stereocenters. The molecule has 2 atom stereocenters. The third-order valence-electron chi connectivity index (χ3n) is 5.46. The Morgan fingerprint density at radius 3 is 2.47 bits per heavy atom. The second-order valence-corrected chi connectivity index (χ2v) is 6.67. The smallest absolute Gasteiger partial charge is 0.246 e. The molecule has 0 aromatic carbocycles. The van der Waals surface area contributed by atoms with Gasteiger partial charge in [-0.2, -0.15) is 0 Å². The summed E-state index contributed by atoms with van der Waals surface area (Å²) >= 11 is 0. The van der Waals surface area contributed by atoms with Gasteiger partial charge in [0.2, 0.25) is 11.8 Å². The Bertz CT molecular complexity index is 393. The minimum Gasteiger partial charge on any atom is -0.342 e. The molecule has 0 bridgehead atoms. The monoisotopic (exact) mass is 264 g/mol. The highest BCUT2D eigenvalue weighted by molar-refractivity contribution is 5.97. The predicted molar refractivity (Wildman–Crippen MR) is 72.4 cm³/mol. The summed E-state index contributed by atoms with van der Waals surface area (Å²) in [7, 11) is 0. The first-order valence-electron chi connectivity index (χ1n) is 7.67. The normalized spacial score (nSPS) is 33.9. The average molecular weight is 264 g/mol. The van der Waals surface area contributed by atoms with Crippen molar-refractivity contribution in [1.29, 1.82) is 0 Å². The van der Waals surface area contributed by atoms with Crippen LogP contribution in [0.1, 0.15) is 52.4 Å². The second kappa shape index (κ2) is 4.50. The molecule has 1 N–H and O–H groups in total. The molecule has 0 aromatic rings. The van der Waals surface area contributed by atoms with Gasteiger partial charge in [-0.25, -0.2) is 0 Å². The molecule has 0 spiro atoms. The van der Waals surface area contributed by atoms with E-state index >= 15 is 0 Å². The van der Waals surface area contributed by atoms with Crippen molar-refractivity contribution in [2.24, 2.45) is 11.3 Å². The van der Waals surface area contributed by atoms with Crippen LogP contribution in [0.25, 0.3) is 0 Å². The van der Waals surface area contributed by atoms with Crippen molar-refractivity contribution in [3.8, 4) is 0 Å². The Kier molecular flexibility index (Phi) is 3.06. The molecular formula is C15H24N2O2. The molecule has 2 saturated carbocycles. The van der Waals surface area contributed by atoms with Crippen molar-refractivity contribution in [3.63, 3.8) is 0 Å². The van der Waals surface area contributed by atoms with E-state index in [1.165, 1.54) is 19.3 Å². The van der Waals surface area contributed by atoms with Gasteiger partial charge in [-0.05, 0) is 50.4 Å². The second-order valence-electron chi connectivity index (χ2n) is 6.67. The molecular weight excluding hydrogens is 240 g/mol. The molecule has 4 heteroatoms. The zero-order chi connectivity index (χ0) is 13.6. The topological polar surface area (TPSA) is 49.4 Å². The Morgan fingerprint density at radius 2 is 2.00 bits per heavy atom. The SMILES string of the molecule is CCC1(CN2C(=O)C(C3CC3)NC(=O)C2C)CCC1. The number of hydrogen-bond donors (Lipinski definition) is 1. The van der Waals surface area contributed by atoms with Gasteiger partial charge in [0.25, 0.3) is 0 Å². The number of nitrogens with zero attached hydrogens (tertiary/aromatic N) is 1. The molecule has 4 nitrogen and oxygen atoms in total. The summed E-state index contributed by atoms with van der Waals surface area (Å²) in [5.74, 6) is 0.585. The highest BCUT2D eigenvalue weighted by Crippen LogP contribution is 2.45. The van der Waals surface area contributed by atoms with Crippen LogP contribution in [0.5, 0.6) is 0 Å². The number of hydrogen-bond acceptors (Lipinski definition) is 2. The first-order chi connectivity index (χ1) is 9.06. The fraction of sp³-hybridized carbons (Fsp3) is 0.867. The maximum Gasteiger partial charge on any atom is 0.246 e. The fourth-order valence-electron chi connectivity index (χ4n) is 3.47. The number of carbonyl (C=O) groups is 2. The standard InChI is InChI=1S/C15H24N2O2/c1-3-15(7-4-8-15)9-17-10(2)13(18)16-12(14(17)19)11-5-6-11/h10-12H,3-9H2,1-2H3,(H,16,18). The lowest BCUT2D eigenvalue weighted by molar-refractivity contribution is -0.152. The van der Waals surface area contributed by atoms with Gasteiger partial charge in [0, 0.05) is 6.54 Å². The lowest BCUT2D eigenvalue weighted by atomic mass is 9.66. The Labute approximate surface area is 114 Å². The van der Waals surface area contributed by atoms with Crippen molar-refractivity contribution in [1.82, 2.24) is 10.2 Å².